The van der Waals surface area contributed by atoms with E-state index in [0.29, 0.717) is 6.92 Å². The van der Waals surface area contributed by atoms with E-state index in [1.54, 1.807) is 25.8 Å². The Kier molecular flexibility index (Phi) is 19.5. The number of rotatable bonds is 1. The maximum absolute atomic E-state index is 12.7. The van der Waals surface area contributed by atoms with E-state index < -0.39 is 41.0 Å². The van der Waals surface area contributed by atoms with Gasteiger partial charge in [-0.1, -0.05) is 0 Å². The summed E-state index contributed by atoms with van der Waals surface area (Å²) in [6.45, 7) is 8.76. The van der Waals surface area contributed by atoms with Gasteiger partial charge in [-0.05, 0) is 68.7 Å². The molecular weight excluding hydrogens is 803 g/mol. The molecule has 0 aliphatic carbocycles. The van der Waals surface area contributed by atoms with Gasteiger partial charge in [0.2, 0.25) is 5.82 Å². The molecule has 7 aromatic rings. The first-order valence-electron chi connectivity index (χ1n) is 16.9. The highest BCUT2D eigenvalue weighted by Gasteiger charge is 2.33. The number of halogens is 9. The molecule has 0 N–H and O–H groups in total. The Hall–Kier alpha value is -6.22. The molecule has 0 aliphatic heterocycles. The maximum atomic E-state index is 12.7. The fraction of sp³-hybridized carbons (Fsp3) is 0.378. The fourth-order valence-electron chi connectivity index (χ4n) is 3.89. The first-order valence-corrected chi connectivity index (χ1v) is 16.9. The van der Waals surface area contributed by atoms with Crippen LogP contribution in [-0.4, -0.2) is 48.3 Å². The van der Waals surface area contributed by atoms with Gasteiger partial charge in [-0.3, -0.25) is 18.6 Å². The molecule has 13 nitrogen and oxygen atoms in total. The van der Waals surface area contributed by atoms with Gasteiger partial charge in [0.15, 0.2) is 11.5 Å². The summed E-state index contributed by atoms with van der Waals surface area (Å²) in [7, 11) is 9.17. The van der Waals surface area contributed by atoms with Crippen molar-refractivity contribution < 1.29 is 48.3 Å². The zero-order chi connectivity index (χ0) is 45.3. The van der Waals surface area contributed by atoms with Crippen LogP contribution >= 0.6 is 0 Å². The first kappa shape index (κ1) is 50.8. The van der Waals surface area contributed by atoms with Gasteiger partial charge in [-0.25, -0.2) is 13.9 Å². The predicted molar refractivity (Wildman–Crippen MR) is 199 cm³/mol. The Morgan fingerprint density at radius 1 is 0.661 bits per heavy atom. The molecule has 0 amide bonds. The maximum Gasteiger partial charge on any atom is 0.435 e. The standard InChI is InChI=1S/C6H9F2N3O.C6H9N.C6H8O.2C5H5F3N2.C5H6O.C4H5FN2/c1-6(7,8)4-9-11(3)5(12)10(4)2;1-6-3-4-7(2)5-6;1-5-3-4-7-6(5)2;1-10-3-4(2-9-10)5(6,7)8;1-10-3-2-4(9-10)5(6,7)8;1-5-2-3-6-4-5;1-7-3-4(5)2-6-7/h1-3H3;3-5H,1-2H3;3-4H,1-2H3;2*2-3H,1H3;2-4H,1H3;2-3H,1H3. The van der Waals surface area contributed by atoms with Gasteiger partial charge in [0.25, 0.3) is 0 Å². The second-order valence-corrected chi connectivity index (χ2v) is 12.6. The van der Waals surface area contributed by atoms with Crippen LogP contribution < -0.4 is 5.69 Å². The highest BCUT2D eigenvalue weighted by atomic mass is 19.4. The van der Waals surface area contributed by atoms with E-state index in [1.165, 1.54) is 68.2 Å². The number of aryl methyl sites for hydroxylation is 9. The van der Waals surface area contributed by atoms with Gasteiger partial charge in [-0.2, -0.15) is 50.4 Å². The number of hydrogen-bond donors (Lipinski definition) is 0. The molecule has 0 fully saturated rings. The van der Waals surface area contributed by atoms with Crippen LogP contribution in [0.4, 0.5) is 39.5 Å². The van der Waals surface area contributed by atoms with E-state index in [9.17, 15) is 44.3 Å². The highest BCUT2D eigenvalue weighted by Crippen LogP contribution is 2.28. The molecule has 0 radical (unpaired) electrons. The number of furan rings is 2. The Labute approximate surface area is 333 Å². The first-order chi connectivity index (χ1) is 27.1. The van der Waals surface area contributed by atoms with Gasteiger partial charge in [0.05, 0.1) is 42.9 Å². The van der Waals surface area contributed by atoms with Crippen LogP contribution in [0.15, 0.2) is 100 Å². The number of hydrogen-bond acceptors (Lipinski definition) is 7. The van der Waals surface area contributed by atoms with Gasteiger partial charge in [0.1, 0.15) is 5.76 Å². The summed E-state index contributed by atoms with van der Waals surface area (Å²) in [6, 6.07) is 6.88. The Balaban J connectivity index is 0.000000348. The summed E-state index contributed by atoms with van der Waals surface area (Å²) in [4.78, 5) is 11.0. The minimum Gasteiger partial charge on any atom is -0.472 e. The predicted octanol–water partition coefficient (Wildman–Crippen LogP) is 8.49. The smallest absolute Gasteiger partial charge is 0.435 e. The second-order valence-electron chi connectivity index (χ2n) is 12.6. The number of alkyl halides is 8. The van der Waals surface area contributed by atoms with Crippen LogP contribution in [0, 0.1) is 33.5 Å². The average molecular weight is 851 g/mol. The molecule has 0 aromatic carbocycles. The van der Waals surface area contributed by atoms with Crippen LogP contribution in [-0.2, 0) is 60.6 Å². The Morgan fingerprint density at radius 2 is 1.27 bits per heavy atom. The van der Waals surface area contributed by atoms with Crippen molar-refractivity contribution in [3.8, 4) is 0 Å². The zero-order valence-electron chi connectivity index (χ0n) is 34.2. The summed E-state index contributed by atoms with van der Waals surface area (Å²) in [5, 5.41) is 13.5. The van der Waals surface area contributed by atoms with Gasteiger partial charge >= 0.3 is 24.0 Å². The minimum absolute atomic E-state index is 0.289. The monoisotopic (exact) mass is 850 g/mol. The van der Waals surface area contributed by atoms with Crippen molar-refractivity contribution in [3.05, 3.63) is 142 Å². The highest BCUT2D eigenvalue weighted by molar-refractivity contribution is 5.12. The van der Waals surface area contributed by atoms with Crippen LogP contribution in [0.5, 0.6) is 0 Å². The molecule has 0 spiro atoms. The van der Waals surface area contributed by atoms with Gasteiger partial charge < -0.3 is 13.4 Å². The molecule has 59 heavy (non-hydrogen) atoms. The Bertz CT molecular complexity index is 2120. The van der Waals surface area contributed by atoms with Crippen molar-refractivity contribution in [3.63, 3.8) is 0 Å². The van der Waals surface area contributed by atoms with Crippen molar-refractivity contribution in [1.29, 1.82) is 0 Å². The van der Waals surface area contributed by atoms with Crippen molar-refractivity contribution in [1.82, 2.24) is 48.3 Å². The van der Waals surface area contributed by atoms with Crippen LogP contribution in [0.25, 0.3) is 0 Å². The normalized spacial score (nSPS) is 10.8. The SMILES string of the molecule is Cc1ccn(C)c1.Cc1ccoc1.Cc1ccoc1C.Cn1cc(C(F)(F)F)cn1.Cn1cc(F)cn1.Cn1ccc(C(F)(F)F)n1.Cn1nc(C(C)(F)F)n(C)c1=O. The lowest BCUT2D eigenvalue weighted by atomic mass is 10.3. The third-order valence-electron chi connectivity index (χ3n) is 6.99. The summed E-state index contributed by atoms with van der Waals surface area (Å²) < 4.78 is 125. The lowest BCUT2D eigenvalue weighted by Gasteiger charge is -2.06. The second kappa shape index (κ2) is 22.6. The molecule has 0 saturated carbocycles. The largest absolute Gasteiger partial charge is 0.472 e. The molecule has 326 valence electrons. The van der Waals surface area contributed by atoms with Crippen molar-refractivity contribution >= 4 is 0 Å². The molecule has 0 bridgehead atoms. The lowest BCUT2D eigenvalue weighted by Crippen LogP contribution is -2.22. The lowest BCUT2D eigenvalue weighted by molar-refractivity contribution is -0.141. The summed E-state index contributed by atoms with van der Waals surface area (Å²) in [5.74, 6) is -2.87. The van der Waals surface area contributed by atoms with E-state index >= 15 is 0 Å². The minimum atomic E-state index is -4.32. The van der Waals surface area contributed by atoms with E-state index in [2.05, 4.69) is 39.6 Å². The molecule has 0 saturated heterocycles. The zero-order valence-corrected chi connectivity index (χ0v) is 34.2. The van der Waals surface area contributed by atoms with Crippen molar-refractivity contribution in [2.45, 2.75) is 52.9 Å². The molecule has 7 heterocycles. The van der Waals surface area contributed by atoms with Crippen molar-refractivity contribution in [2.24, 2.45) is 42.3 Å². The molecule has 7 rings (SSSR count). The van der Waals surface area contributed by atoms with E-state index in [0.717, 1.165) is 42.8 Å². The van der Waals surface area contributed by atoms with E-state index in [1.807, 2.05) is 50.7 Å². The van der Waals surface area contributed by atoms with Crippen LogP contribution in [0.3, 0.4) is 0 Å². The van der Waals surface area contributed by atoms with Gasteiger partial charge in [-0.15, -0.1) is 5.10 Å². The third-order valence-corrected chi connectivity index (χ3v) is 6.99. The Morgan fingerprint density at radius 3 is 1.44 bits per heavy atom. The molecule has 0 atom stereocenters. The molecular formula is C37H47F9N10O3. The van der Waals surface area contributed by atoms with Crippen LogP contribution in [0.2, 0.25) is 0 Å². The van der Waals surface area contributed by atoms with E-state index in [4.69, 9.17) is 8.83 Å². The van der Waals surface area contributed by atoms with Crippen molar-refractivity contribution in [2.75, 3.05) is 0 Å². The molecule has 7 aromatic heterocycles. The third kappa shape index (κ3) is 19.7. The number of aromatic nitrogens is 10. The molecule has 0 unspecified atom stereocenters. The fourth-order valence-corrected chi connectivity index (χ4v) is 3.89. The average Bonchev–Trinajstić information content (AvgIpc) is 4.00. The summed E-state index contributed by atoms with van der Waals surface area (Å²) >= 11 is 0. The van der Waals surface area contributed by atoms with Crippen LogP contribution in [0.1, 0.15) is 46.5 Å². The molecule has 22 heteroatoms. The van der Waals surface area contributed by atoms with Gasteiger partial charge in [0, 0.05) is 74.0 Å². The summed E-state index contributed by atoms with van der Waals surface area (Å²) in [6.07, 6.45) is 6.05. The molecule has 0 aliphatic rings. The van der Waals surface area contributed by atoms with E-state index in [-0.39, 0.29) is 5.82 Å². The number of nitrogens with zero attached hydrogens (tertiary/aromatic N) is 10. The quantitative estimate of drug-likeness (QED) is 0.152. The summed E-state index contributed by atoms with van der Waals surface area (Å²) in [5.41, 5.74) is 1.61. The topological polar surface area (TPSA) is 124 Å².